The molecule has 0 spiro atoms. The SMILES string of the molecule is CCCN(CCC)CCCCN1Cc2ccc(C(=O)NC(C)=O)cc2C1. The smallest absolute Gasteiger partial charge is 0.257 e. The number of carbonyl (C=O) groups excluding carboxylic acids is 2. The Morgan fingerprint density at radius 3 is 2.38 bits per heavy atom. The fourth-order valence-electron chi connectivity index (χ4n) is 3.64. The molecule has 5 heteroatoms. The third-order valence-corrected chi connectivity index (χ3v) is 4.82. The van der Waals surface area contributed by atoms with Crippen LogP contribution in [0.4, 0.5) is 0 Å². The summed E-state index contributed by atoms with van der Waals surface area (Å²) in [6, 6.07) is 5.76. The van der Waals surface area contributed by atoms with E-state index in [-0.39, 0.29) is 11.8 Å². The second-order valence-corrected chi connectivity index (χ2v) is 7.25. The quantitative estimate of drug-likeness (QED) is 0.652. The van der Waals surface area contributed by atoms with Crippen LogP contribution in [-0.2, 0) is 17.9 Å². The van der Waals surface area contributed by atoms with Crippen LogP contribution in [-0.4, -0.2) is 47.8 Å². The van der Waals surface area contributed by atoms with E-state index in [0.717, 1.165) is 19.6 Å². The van der Waals surface area contributed by atoms with Crippen molar-refractivity contribution in [2.45, 2.75) is 59.5 Å². The van der Waals surface area contributed by atoms with Crippen LogP contribution in [0.5, 0.6) is 0 Å². The lowest BCUT2D eigenvalue weighted by atomic mass is 10.1. The third-order valence-electron chi connectivity index (χ3n) is 4.82. The van der Waals surface area contributed by atoms with E-state index < -0.39 is 0 Å². The number of carbonyl (C=O) groups is 2. The number of nitrogens with zero attached hydrogens (tertiary/aromatic N) is 2. The first-order chi connectivity index (χ1) is 12.5. The summed E-state index contributed by atoms with van der Waals surface area (Å²) in [7, 11) is 0. The first-order valence-corrected chi connectivity index (χ1v) is 9.91. The maximum atomic E-state index is 12.0. The molecule has 5 nitrogen and oxygen atoms in total. The molecular weight excluding hydrogens is 326 g/mol. The number of fused-ring (bicyclic) bond motifs is 1. The maximum absolute atomic E-state index is 12.0. The van der Waals surface area contributed by atoms with Crippen molar-refractivity contribution in [2.24, 2.45) is 0 Å². The van der Waals surface area contributed by atoms with Crippen molar-refractivity contribution in [3.8, 4) is 0 Å². The molecule has 2 amide bonds. The molecule has 0 aromatic heterocycles. The zero-order valence-corrected chi connectivity index (χ0v) is 16.5. The number of amides is 2. The normalized spacial score (nSPS) is 13.8. The highest BCUT2D eigenvalue weighted by molar-refractivity contribution is 6.04. The highest BCUT2D eigenvalue weighted by Crippen LogP contribution is 2.24. The fraction of sp³-hybridized carbons (Fsp3) is 0.619. The van der Waals surface area contributed by atoms with Gasteiger partial charge in [0.05, 0.1) is 0 Å². The highest BCUT2D eigenvalue weighted by atomic mass is 16.2. The van der Waals surface area contributed by atoms with Gasteiger partial charge in [0.25, 0.3) is 5.91 Å². The van der Waals surface area contributed by atoms with Crippen LogP contribution < -0.4 is 5.32 Å². The molecule has 0 saturated carbocycles. The van der Waals surface area contributed by atoms with Crippen LogP contribution in [0.15, 0.2) is 18.2 Å². The van der Waals surface area contributed by atoms with Gasteiger partial charge in [0.2, 0.25) is 5.91 Å². The van der Waals surface area contributed by atoms with E-state index in [1.54, 1.807) is 0 Å². The standard InChI is InChI=1S/C21H33N3O2/c1-4-10-23(11-5-2)12-6-7-13-24-15-19-9-8-18(14-20(19)16-24)21(26)22-17(3)25/h8-9,14H,4-7,10-13,15-16H2,1-3H3,(H,22,25,26). The predicted octanol–water partition coefficient (Wildman–Crippen LogP) is 3.18. The van der Waals surface area contributed by atoms with Gasteiger partial charge in [-0.25, -0.2) is 0 Å². The molecule has 0 fully saturated rings. The van der Waals surface area contributed by atoms with Crippen molar-refractivity contribution in [2.75, 3.05) is 26.2 Å². The number of rotatable bonds is 10. The lowest BCUT2D eigenvalue weighted by Crippen LogP contribution is -2.28. The zero-order chi connectivity index (χ0) is 18.9. The van der Waals surface area contributed by atoms with E-state index in [2.05, 4.69) is 29.0 Å². The van der Waals surface area contributed by atoms with E-state index in [0.29, 0.717) is 5.56 Å². The summed E-state index contributed by atoms with van der Waals surface area (Å²) < 4.78 is 0. The molecule has 1 aromatic carbocycles. The molecule has 1 aliphatic heterocycles. The van der Waals surface area contributed by atoms with Crippen LogP contribution in [0.3, 0.4) is 0 Å². The van der Waals surface area contributed by atoms with E-state index in [1.807, 2.05) is 18.2 Å². The Morgan fingerprint density at radius 2 is 1.73 bits per heavy atom. The number of hydrogen-bond acceptors (Lipinski definition) is 4. The Morgan fingerprint density at radius 1 is 1.04 bits per heavy atom. The summed E-state index contributed by atoms with van der Waals surface area (Å²) in [5.74, 6) is -0.636. The summed E-state index contributed by atoms with van der Waals surface area (Å²) in [6.45, 7) is 12.4. The Kier molecular flexibility index (Phi) is 8.26. The number of nitrogens with one attached hydrogen (secondary N) is 1. The minimum absolute atomic E-state index is 0.314. The number of hydrogen-bond donors (Lipinski definition) is 1. The number of imide groups is 1. The van der Waals surface area contributed by atoms with Gasteiger partial charge in [0.15, 0.2) is 0 Å². The van der Waals surface area contributed by atoms with Gasteiger partial charge in [-0.05, 0) is 75.1 Å². The van der Waals surface area contributed by atoms with Crippen LogP contribution in [0, 0.1) is 0 Å². The Balaban J connectivity index is 1.78. The Bertz CT molecular complexity index is 609. The average molecular weight is 360 g/mol. The lowest BCUT2D eigenvalue weighted by molar-refractivity contribution is -0.118. The summed E-state index contributed by atoms with van der Waals surface area (Å²) in [5.41, 5.74) is 3.07. The van der Waals surface area contributed by atoms with Gasteiger partial charge in [-0.1, -0.05) is 19.9 Å². The molecule has 1 N–H and O–H groups in total. The van der Waals surface area contributed by atoms with Gasteiger partial charge in [-0.3, -0.25) is 19.8 Å². The number of benzene rings is 1. The van der Waals surface area contributed by atoms with E-state index in [4.69, 9.17) is 0 Å². The van der Waals surface area contributed by atoms with Gasteiger partial charge in [-0.15, -0.1) is 0 Å². The minimum Gasteiger partial charge on any atom is -0.303 e. The van der Waals surface area contributed by atoms with Gasteiger partial charge >= 0.3 is 0 Å². The molecular formula is C21H33N3O2. The second-order valence-electron chi connectivity index (χ2n) is 7.25. The van der Waals surface area contributed by atoms with Crippen LogP contribution >= 0.6 is 0 Å². The van der Waals surface area contributed by atoms with Crippen molar-refractivity contribution in [3.05, 3.63) is 34.9 Å². The second kappa shape index (κ2) is 10.4. The van der Waals surface area contributed by atoms with E-state index in [9.17, 15) is 9.59 Å². The molecule has 2 rings (SSSR count). The first kappa shape index (κ1) is 20.6. The predicted molar refractivity (Wildman–Crippen MR) is 105 cm³/mol. The zero-order valence-electron chi connectivity index (χ0n) is 16.5. The summed E-state index contributed by atoms with van der Waals surface area (Å²) in [5, 5.41) is 2.34. The molecule has 1 aromatic rings. The average Bonchev–Trinajstić information content (AvgIpc) is 3.00. The Labute approximate surface area is 157 Å². The van der Waals surface area contributed by atoms with Gasteiger partial charge in [-0.2, -0.15) is 0 Å². The molecule has 0 unspecified atom stereocenters. The molecule has 0 radical (unpaired) electrons. The summed E-state index contributed by atoms with van der Waals surface area (Å²) in [6.07, 6.45) is 4.89. The van der Waals surface area contributed by atoms with Crippen LogP contribution in [0.2, 0.25) is 0 Å². The van der Waals surface area contributed by atoms with Crippen molar-refractivity contribution in [1.29, 1.82) is 0 Å². The van der Waals surface area contributed by atoms with Gasteiger partial charge in [0, 0.05) is 25.6 Å². The van der Waals surface area contributed by atoms with Crippen molar-refractivity contribution < 1.29 is 9.59 Å². The molecule has 0 aliphatic carbocycles. The highest BCUT2D eigenvalue weighted by Gasteiger charge is 2.20. The minimum atomic E-state index is -0.322. The van der Waals surface area contributed by atoms with Crippen LogP contribution in [0.25, 0.3) is 0 Å². The monoisotopic (exact) mass is 359 g/mol. The Hall–Kier alpha value is -1.72. The maximum Gasteiger partial charge on any atom is 0.257 e. The largest absolute Gasteiger partial charge is 0.303 e. The van der Waals surface area contributed by atoms with E-state index in [1.165, 1.54) is 63.4 Å². The molecule has 0 atom stereocenters. The molecule has 144 valence electrons. The van der Waals surface area contributed by atoms with Crippen molar-refractivity contribution in [3.63, 3.8) is 0 Å². The molecule has 0 bridgehead atoms. The topological polar surface area (TPSA) is 52.6 Å². The first-order valence-electron chi connectivity index (χ1n) is 9.91. The third kappa shape index (κ3) is 6.22. The molecule has 26 heavy (non-hydrogen) atoms. The molecule has 1 heterocycles. The lowest BCUT2D eigenvalue weighted by Gasteiger charge is -2.21. The van der Waals surface area contributed by atoms with Crippen LogP contribution in [0.1, 0.15) is 67.9 Å². The van der Waals surface area contributed by atoms with Gasteiger partial charge < -0.3 is 4.90 Å². The number of unbranched alkanes of at least 4 members (excludes halogenated alkanes) is 1. The fourth-order valence-corrected chi connectivity index (χ4v) is 3.64. The molecule has 0 saturated heterocycles. The van der Waals surface area contributed by atoms with Crippen molar-refractivity contribution in [1.82, 2.24) is 15.1 Å². The summed E-state index contributed by atoms with van der Waals surface area (Å²) >= 11 is 0. The molecule has 1 aliphatic rings. The van der Waals surface area contributed by atoms with E-state index >= 15 is 0 Å². The van der Waals surface area contributed by atoms with Gasteiger partial charge in [0.1, 0.15) is 0 Å². The summed E-state index contributed by atoms with van der Waals surface area (Å²) in [4.78, 5) is 28.0. The van der Waals surface area contributed by atoms with Crippen molar-refractivity contribution >= 4 is 11.8 Å².